The number of nitrogens with zero attached hydrogens (tertiary/aromatic N) is 1. The number of rotatable bonds is 2. The van der Waals surface area contributed by atoms with Crippen molar-refractivity contribution >= 4 is 29.1 Å². The smallest absolute Gasteiger partial charge is 0.346 e. The van der Waals surface area contributed by atoms with Gasteiger partial charge in [0.1, 0.15) is 6.17 Å². The number of ketones is 1. The largest absolute Gasteiger partial charge is 0.446 e. The maximum Gasteiger partial charge on any atom is 0.446 e. The van der Waals surface area contributed by atoms with Crippen LogP contribution < -0.4 is 10.2 Å². The number of amides is 1. The Morgan fingerprint density at radius 1 is 1.04 bits per heavy atom. The summed E-state index contributed by atoms with van der Waals surface area (Å²) in [6.45, 7) is 0.437. The molecular weight excluding hydrogens is 365 g/mol. The Balaban J connectivity index is 1.70. The molecule has 134 valence electrons. The van der Waals surface area contributed by atoms with Crippen LogP contribution in [0, 0.1) is 0 Å². The van der Waals surface area contributed by atoms with E-state index in [1.807, 2.05) is 4.90 Å². The number of halogens is 3. The minimum Gasteiger partial charge on any atom is -0.346 e. The highest BCUT2D eigenvalue weighted by Gasteiger charge is 2.37. The molecule has 26 heavy (non-hydrogen) atoms. The quantitative estimate of drug-likeness (QED) is 0.799. The minimum absolute atomic E-state index is 0.0107. The molecule has 2 aromatic carbocycles. The fraction of sp³-hybridized carbons (Fsp3) is 0.222. The molecule has 0 fully saturated rings. The number of carbonyl (C=O) groups is 2. The van der Waals surface area contributed by atoms with Gasteiger partial charge >= 0.3 is 5.51 Å². The van der Waals surface area contributed by atoms with Gasteiger partial charge in [0.2, 0.25) is 0 Å². The minimum atomic E-state index is -4.35. The third-order valence-electron chi connectivity index (χ3n) is 4.46. The molecule has 2 heterocycles. The van der Waals surface area contributed by atoms with Crippen LogP contribution in [0.25, 0.3) is 0 Å². The highest BCUT2D eigenvalue weighted by Crippen LogP contribution is 2.40. The average molecular weight is 378 g/mol. The van der Waals surface area contributed by atoms with Crippen molar-refractivity contribution in [2.24, 2.45) is 0 Å². The van der Waals surface area contributed by atoms with Gasteiger partial charge in [-0.1, -0.05) is 18.2 Å². The Morgan fingerprint density at radius 3 is 2.42 bits per heavy atom. The van der Waals surface area contributed by atoms with Gasteiger partial charge in [0, 0.05) is 23.4 Å². The van der Waals surface area contributed by atoms with Gasteiger partial charge in [-0.25, -0.2) is 0 Å². The first-order valence-corrected chi connectivity index (χ1v) is 8.74. The third kappa shape index (κ3) is 2.94. The van der Waals surface area contributed by atoms with E-state index < -0.39 is 11.7 Å². The van der Waals surface area contributed by atoms with Crippen LogP contribution in [0.15, 0.2) is 47.4 Å². The average Bonchev–Trinajstić information content (AvgIpc) is 2.59. The summed E-state index contributed by atoms with van der Waals surface area (Å²) in [5, 5.41) is 2.88. The van der Waals surface area contributed by atoms with Crippen LogP contribution in [0.3, 0.4) is 0 Å². The molecule has 0 saturated carbocycles. The van der Waals surface area contributed by atoms with Crippen molar-refractivity contribution in [1.29, 1.82) is 0 Å². The monoisotopic (exact) mass is 378 g/mol. The Labute approximate surface area is 151 Å². The van der Waals surface area contributed by atoms with Gasteiger partial charge in [-0.05, 0) is 41.6 Å². The summed E-state index contributed by atoms with van der Waals surface area (Å²) in [7, 11) is 0. The lowest BCUT2D eigenvalue weighted by Gasteiger charge is -2.42. The van der Waals surface area contributed by atoms with Crippen LogP contribution in [0.5, 0.6) is 0 Å². The highest BCUT2D eigenvalue weighted by molar-refractivity contribution is 8.00. The van der Waals surface area contributed by atoms with Crippen molar-refractivity contribution in [3.8, 4) is 0 Å². The summed E-state index contributed by atoms with van der Waals surface area (Å²) in [6.07, 6.45) is -0.195. The SMILES string of the molecule is O=C1CCN2c3c1cccc3C(=O)NC2c1ccc(SC(F)(F)F)cc1. The number of hydrogen-bond donors (Lipinski definition) is 1. The van der Waals surface area contributed by atoms with Gasteiger partial charge in [-0.15, -0.1) is 0 Å². The van der Waals surface area contributed by atoms with E-state index in [4.69, 9.17) is 0 Å². The molecule has 4 nitrogen and oxygen atoms in total. The summed E-state index contributed by atoms with van der Waals surface area (Å²) in [5.74, 6) is -0.310. The molecule has 8 heteroatoms. The number of hydrogen-bond acceptors (Lipinski definition) is 4. The summed E-state index contributed by atoms with van der Waals surface area (Å²) >= 11 is -0.180. The van der Waals surface area contributed by atoms with Crippen molar-refractivity contribution in [3.05, 3.63) is 59.2 Å². The van der Waals surface area contributed by atoms with E-state index in [9.17, 15) is 22.8 Å². The summed E-state index contributed by atoms with van der Waals surface area (Å²) in [5.41, 5.74) is -2.12. The Hall–Kier alpha value is -2.48. The number of anilines is 1. The molecular formula is C18H13F3N2O2S. The predicted octanol–water partition coefficient (Wildman–Crippen LogP) is 4.13. The van der Waals surface area contributed by atoms with Gasteiger partial charge < -0.3 is 10.2 Å². The molecule has 2 aromatic rings. The molecule has 0 saturated heterocycles. The zero-order chi connectivity index (χ0) is 18.5. The van der Waals surface area contributed by atoms with Crippen molar-refractivity contribution in [2.45, 2.75) is 23.0 Å². The molecule has 1 amide bonds. The second-order valence-corrected chi connectivity index (χ2v) is 7.20. The van der Waals surface area contributed by atoms with Crippen LogP contribution in [-0.4, -0.2) is 23.7 Å². The van der Waals surface area contributed by atoms with E-state index in [0.29, 0.717) is 35.3 Å². The third-order valence-corrected chi connectivity index (χ3v) is 5.20. The molecule has 1 atom stereocenters. The van der Waals surface area contributed by atoms with Crippen molar-refractivity contribution in [1.82, 2.24) is 5.32 Å². The normalized spacial score (nSPS) is 19.2. The molecule has 1 N–H and O–H groups in total. The Kier molecular flexibility index (Phi) is 3.95. The van der Waals surface area contributed by atoms with E-state index in [0.717, 1.165) is 0 Å². The lowest BCUT2D eigenvalue weighted by atomic mass is 9.92. The number of carbonyl (C=O) groups excluding carboxylic acids is 2. The summed E-state index contributed by atoms with van der Waals surface area (Å²) in [6, 6.07) is 11.0. The van der Waals surface area contributed by atoms with Crippen molar-refractivity contribution < 1.29 is 22.8 Å². The lowest BCUT2D eigenvalue weighted by Crippen LogP contribution is -2.49. The predicted molar refractivity (Wildman–Crippen MR) is 91.3 cm³/mol. The summed E-state index contributed by atoms with van der Waals surface area (Å²) < 4.78 is 37.5. The lowest BCUT2D eigenvalue weighted by molar-refractivity contribution is -0.0328. The number of nitrogens with one attached hydrogen (secondary N) is 1. The first-order chi connectivity index (χ1) is 12.3. The van der Waals surface area contributed by atoms with Gasteiger partial charge in [0.15, 0.2) is 5.78 Å². The number of benzene rings is 2. The molecule has 0 aromatic heterocycles. The van der Waals surface area contributed by atoms with Gasteiger partial charge in [0.05, 0.1) is 11.3 Å². The number of Topliss-reactive ketones (excluding diaryl/α,β-unsaturated/α-hetero) is 1. The van der Waals surface area contributed by atoms with Crippen molar-refractivity contribution in [3.63, 3.8) is 0 Å². The molecule has 0 aliphatic carbocycles. The molecule has 2 aliphatic rings. The molecule has 1 unspecified atom stereocenters. The number of alkyl halides is 3. The molecule has 2 aliphatic heterocycles. The van der Waals surface area contributed by atoms with Crippen LogP contribution in [0.2, 0.25) is 0 Å². The maximum absolute atomic E-state index is 12.5. The fourth-order valence-electron chi connectivity index (χ4n) is 3.38. The van der Waals surface area contributed by atoms with Gasteiger partial charge in [-0.2, -0.15) is 13.2 Å². The van der Waals surface area contributed by atoms with E-state index in [2.05, 4.69) is 5.32 Å². The standard InChI is InChI=1S/C18H13F3N2O2S/c19-18(20,21)26-11-6-4-10(5-7-11)16-22-17(25)13-3-1-2-12-14(24)8-9-23(16)15(12)13/h1-7,16H,8-9H2,(H,22,25). The van der Waals surface area contributed by atoms with E-state index in [1.54, 1.807) is 30.3 Å². The van der Waals surface area contributed by atoms with Crippen LogP contribution >= 0.6 is 11.8 Å². The first kappa shape index (κ1) is 17.0. The van der Waals surface area contributed by atoms with Crippen LogP contribution in [-0.2, 0) is 0 Å². The number of thioether (sulfide) groups is 1. The highest BCUT2D eigenvalue weighted by atomic mass is 32.2. The van der Waals surface area contributed by atoms with Crippen LogP contribution in [0.4, 0.5) is 18.9 Å². The molecule has 0 bridgehead atoms. The summed E-state index contributed by atoms with van der Waals surface area (Å²) in [4.78, 5) is 26.7. The molecule has 0 radical (unpaired) electrons. The van der Waals surface area contributed by atoms with E-state index in [-0.39, 0.29) is 28.3 Å². The van der Waals surface area contributed by atoms with Gasteiger partial charge in [0.25, 0.3) is 5.91 Å². The number of para-hydroxylation sites is 1. The zero-order valence-corrected chi connectivity index (χ0v) is 14.2. The molecule has 0 spiro atoms. The van der Waals surface area contributed by atoms with Crippen LogP contribution in [0.1, 0.15) is 38.9 Å². The van der Waals surface area contributed by atoms with Gasteiger partial charge in [-0.3, -0.25) is 9.59 Å². The van der Waals surface area contributed by atoms with E-state index in [1.165, 1.54) is 12.1 Å². The van der Waals surface area contributed by atoms with E-state index >= 15 is 0 Å². The fourth-order valence-corrected chi connectivity index (χ4v) is 3.92. The second kappa shape index (κ2) is 6.05. The van der Waals surface area contributed by atoms with Crippen molar-refractivity contribution in [2.75, 3.05) is 11.4 Å². The molecule has 4 rings (SSSR count). The maximum atomic E-state index is 12.5. The topological polar surface area (TPSA) is 49.4 Å². The first-order valence-electron chi connectivity index (χ1n) is 7.93. The Morgan fingerprint density at radius 2 is 1.73 bits per heavy atom. The Bertz CT molecular complexity index is 882. The zero-order valence-electron chi connectivity index (χ0n) is 13.3. The second-order valence-electron chi connectivity index (χ2n) is 6.06.